The van der Waals surface area contributed by atoms with E-state index in [0.29, 0.717) is 36.9 Å². The van der Waals surface area contributed by atoms with Crippen molar-refractivity contribution in [2.24, 2.45) is 5.73 Å². The second kappa shape index (κ2) is 9.63. The summed E-state index contributed by atoms with van der Waals surface area (Å²) in [6.45, 7) is 4.58. The number of amides is 3. The molecule has 0 aromatic heterocycles. The molecule has 2 saturated heterocycles. The van der Waals surface area contributed by atoms with E-state index in [2.05, 4.69) is 15.5 Å². The number of benzene rings is 1. The molecule has 0 bridgehead atoms. The van der Waals surface area contributed by atoms with Crippen molar-refractivity contribution in [3.8, 4) is 0 Å². The highest BCUT2D eigenvalue weighted by molar-refractivity contribution is 6.02. The molecule has 4 N–H and O–H groups in total. The average Bonchev–Trinajstić information content (AvgIpc) is 3.02. The van der Waals surface area contributed by atoms with E-state index >= 15 is 0 Å². The van der Waals surface area contributed by atoms with Crippen LogP contribution in [-0.4, -0.2) is 78.7 Å². The lowest BCUT2D eigenvalue weighted by atomic mass is 10.0. The molecule has 10 nitrogen and oxygen atoms in total. The third-order valence-electron chi connectivity index (χ3n) is 6.57. The van der Waals surface area contributed by atoms with Crippen LogP contribution in [0.5, 0.6) is 0 Å². The molecule has 3 aliphatic heterocycles. The van der Waals surface area contributed by atoms with E-state index in [1.54, 1.807) is 6.07 Å². The normalized spacial score (nSPS) is 26.8. The van der Waals surface area contributed by atoms with E-state index in [4.69, 9.17) is 10.5 Å². The number of imide groups is 1. The van der Waals surface area contributed by atoms with E-state index in [1.807, 2.05) is 12.1 Å². The zero-order valence-electron chi connectivity index (χ0n) is 18.2. The Morgan fingerprint density at radius 2 is 1.97 bits per heavy atom. The number of piperidine rings is 2. The first kappa shape index (κ1) is 22.8. The number of quaternary nitrogens is 1. The third kappa shape index (κ3) is 4.69. The predicted octanol–water partition coefficient (Wildman–Crippen LogP) is 0.312. The molecule has 2 atom stereocenters. The Labute approximate surface area is 187 Å². The van der Waals surface area contributed by atoms with Gasteiger partial charge in [0.2, 0.25) is 5.91 Å². The maximum atomic E-state index is 13.4. The van der Waals surface area contributed by atoms with Gasteiger partial charge < -0.3 is 25.9 Å². The number of likely N-dealkylation sites (tertiary alicyclic amines) is 1. The van der Waals surface area contributed by atoms with E-state index < -0.39 is 28.4 Å². The molecule has 0 spiro atoms. The van der Waals surface area contributed by atoms with E-state index in [-0.39, 0.29) is 19.4 Å². The Morgan fingerprint density at radius 3 is 2.69 bits per heavy atom. The molecule has 1 aromatic rings. The summed E-state index contributed by atoms with van der Waals surface area (Å²) >= 11 is 0. The summed E-state index contributed by atoms with van der Waals surface area (Å²) in [6, 6.07) is 4.58. The molecule has 0 aliphatic carbocycles. The number of nitrogens with one attached hydrogen (secondary N) is 2. The molecule has 32 heavy (non-hydrogen) atoms. The molecule has 0 radical (unpaired) electrons. The standard InChI is InChI=1S/C22H31N5O5/c23-7-11-32-12-10-26-8-5-16(6-9-26)24-17-1-2-18-15(13-17)14-27(31,22(18)30)19-3-4-20(28)25-21(19)29/h1-2,13,16,19,24H,3-12,14,23H2,(H,25,28,29). The van der Waals surface area contributed by atoms with Gasteiger partial charge in [-0.1, -0.05) is 0 Å². The van der Waals surface area contributed by atoms with Crippen LogP contribution in [0, 0.1) is 5.21 Å². The van der Waals surface area contributed by atoms with Crippen molar-refractivity contribution in [2.75, 3.05) is 44.7 Å². The molecule has 3 aliphatic rings. The van der Waals surface area contributed by atoms with E-state index in [1.165, 1.54) is 0 Å². The summed E-state index contributed by atoms with van der Waals surface area (Å²) in [4.78, 5) is 38.9. The largest absolute Gasteiger partial charge is 0.624 e. The molecular formula is C22H31N5O5. The van der Waals surface area contributed by atoms with Crippen molar-refractivity contribution >= 4 is 23.4 Å². The zero-order chi connectivity index (χ0) is 22.7. The van der Waals surface area contributed by atoms with Gasteiger partial charge in [0.05, 0.1) is 18.8 Å². The van der Waals surface area contributed by atoms with Crippen LogP contribution in [0.15, 0.2) is 18.2 Å². The molecule has 2 fully saturated rings. The van der Waals surface area contributed by atoms with Gasteiger partial charge in [-0.3, -0.25) is 19.6 Å². The fourth-order valence-corrected chi connectivity index (χ4v) is 4.80. The summed E-state index contributed by atoms with van der Waals surface area (Å²) in [5.74, 6) is -1.66. The minimum atomic E-state index is -1.25. The van der Waals surface area contributed by atoms with Crippen LogP contribution >= 0.6 is 0 Å². The zero-order valence-corrected chi connectivity index (χ0v) is 18.2. The number of fused-ring (bicyclic) bond motifs is 1. The monoisotopic (exact) mass is 445 g/mol. The quantitative estimate of drug-likeness (QED) is 0.225. The van der Waals surface area contributed by atoms with Gasteiger partial charge >= 0.3 is 5.91 Å². The van der Waals surface area contributed by atoms with Crippen LogP contribution < -0.4 is 16.4 Å². The van der Waals surface area contributed by atoms with Gasteiger partial charge in [-0.2, -0.15) is 0 Å². The number of nitrogens with zero attached hydrogens (tertiary/aromatic N) is 2. The molecule has 174 valence electrons. The lowest BCUT2D eigenvalue weighted by molar-refractivity contribution is -0.825. The maximum absolute atomic E-state index is 13.4. The lowest BCUT2D eigenvalue weighted by Gasteiger charge is -2.42. The van der Waals surface area contributed by atoms with Crippen molar-refractivity contribution in [3.63, 3.8) is 0 Å². The van der Waals surface area contributed by atoms with Gasteiger partial charge in [-0.25, -0.2) is 4.79 Å². The number of anilines is 1. The number of carbonyl (C=O) groups excluding carboxylic acids is 3. The number of ether oxygens (including phenoxy) is 1. The first-order valence-electron chi connectivity index (χ1n) is 11.3. The number of hydrogen-bond acceptors (Lipinski definition) is 8. The van der Waals surface area contributed by atoms with Crippen LogP contribution in [0.3, 0.4) is 0 Å². The summed E-state index contributed by atoms with van der Waals surface area (Å²) < 4.78 is 4.21. The van der Waals surface area contributed by atoms with Crippen molar-refractivity contribution < 1.29 is 23.8 Å². The third-order valence-corrected chi connectivity index (χ3v) is 6.57. The van der Waals surface area contributed by atoms with Crippen molar-refractivity contribution in [1.82, 2.24) is 10.2 Å². The average molecular weight is 446 g/mol. The number of nitrogens with two attached hydrogens (primary N) is 1. The highest BCUT2D eigenvalue weighted by Crippen LogP contribution is 2.36. The van der Waals surface area contributed by atoms with Gasteiger partial charge in [0.15, 0.2) is 6.04 Å². The smallest absolute Gasteiger partial charge is 0.347 e. The van der Waals surface area contributed by atoms with Crippen LogP contribution in [0.25, 0.3) is 0 Å². The minimum absolute atomic E-state index is 0.0763. The summed E-state index contributed by atoms with van der Waals surface area (Å²) in [7, 11) is 0. The SMILES string of the molecule is NCCOCCN1CCC(Nc2ccc3c(c2)C[N+]([O-])(C2CCC(=O)NC2=O)C3=O)CC1. The summed E-state index contributed by atoms with van der Waals surface area (Å²) in [6.07, 6.45) is 2.15. The molecule has 0 saturated carbocycles. The number of rotatable bonds is 8. The van der Waals surface area contributed by atoms with Gasteiger partial charge in [0, 0.05) is 56.3 Å². The Balaban J connectivity index is 1.34. The number of hydrogen-bond donors (Lipinski definition) is 3. The van der Waals surface area contributed by atoms with Crippen LogP contribution in [-0.2, 0) is 20.9 Å². The fourth-order valence-electron chi connectivity index (χ4n) is 4.80. The van der Waals surface area contributed by atoms with Gasteiger partial charge in [0.1, 0.15) is 6.54 Å². The Morgan fingerprint density at radius 1 is 1.19 bits per heavy atom. The van der Waals surface area contributed by atoms with Crippen LogP contribution in [0.2, 0.25) is 0 Å². The van der Waals surface area contributed by atoms with Gasteiger partial charge in [-0.15, -0.1) is 0 Å². The Bertz CT molecular complexity index is 885. The molecule has 3 amide bonds. The molecule has 1 aromatic carbocycles. The second-order valence-electron chi connectivity index (χ2n) is 8.76. The Hall–Kier alpha value is -2.37. The highest BCUT2D eigenvalue weighted by atomic mass is 16.6. The van der Waals surface area contributed by atoms with Gasteiger partial charge in [0.25, 0.3) is 5.91 Å². The molecule has 10 heteroatoms. The molecule has 2 unspecified atom stereocenters. The fraction of sp³-hybridized carbons (Fsp3) is 0.591. The second-order valence-corrected chi connectivity index (χ2v) is 8.76. The predicted molar refractivity (Wildman–Crippen MR) is 117 cm³/mol. The van der Waals surface area contributed by atoms with Crippen molar-refractivity contribution in [2.45, 2.75) is 44.3 Å². The number of carbonyl (C=O) groups is 3. The highest BCUT2D eigenvalue weighted by Gasteiger charge is 2.49. The van der Waals surface area contributed by atoms with E-state index in [9.17, 15) is 19.6 Å². The molecule has 4 rings (SSSR count). The summed E-state index contributed by atoms with van der Waals surface area (Å²) in [5.41, 5.74) is 7.31. The van der Waals surface area contributed by atoms with E-state index in [0.717, 1.165) is 38.2 Å². The van der Waals surface area contributed by atoms with Crippen molar-refractivity contribution in [3.05, 3.63) is 34.5 Å². The minimum Gasteiger partial charge on any atom is -0.624 e. The van der Waals surface area contributed by atoms with Crippen LogP contribution in [0.4, 0.5) is 5.69 Å². The molecule has 3 heterocycles. The van der Waals surface area contributed by atoms with Gasteiger partial charge in [-0.05, 0) is 31.0 Å². The maximum Gasteiger partial charge on any atom is 0.347 e. The lowest BCUT2D eigenvalue weighted by Crippen LogP contribution is -2.60. The number of hydroxylamine groups is 3. The first-order chi connectivity index (χ1) is 15.4. The van der Waals surface area contributed by atoms with Crippen molar-refractivity contribution in [1.29, 1.82) is 0 Å². The topological polar surface area (TPSA) is 137 Å². The Kier molecular flexibility index (Phi) is 6.87. The first-order valence-corrected chi connectivity index (χ1v) is 11.3. The summed E-state index contributed by atoms with van der Waals surface area (Å²) in [5, 5.41) is 19.1. The molecular weight excluding hydrogens is 414 g/mol. The van der Waals surface area contributed by atoms with Crippen LogP contribution in [0.1, 0.15) is 41.6 Å².